The van der Waals surface area contributed by atoms with E-state index in [9.17, 15) is 9.59 Å². The van der Waals surface area contributed by atoms with Crippen molar-refractivity contribution in [1.29, 1.82) is 0 Å². The van der Waals surface area contributed by atoms with Crippen LogP contribution >= 0.6 is 0 Å². The third kappa shape index (κ3) is 3.04. The van der Waals surface area contributed by atoms with Gasteiger partial charge in [-0.25, -0.2) is 0 Å². The van der Waals surface area contributed by atoms with E-state index in [1.807, 2.05) is 30.3 Å². The van der Waals surface area contributed by atoms with E-state index in [-0.39, 0.29) is 11.8 Å². The van der Waals surface area contributed by atoms with Crippen LogP contribution in [0.1, 0.15) is 22.0 Å². The maximum atomic E-state index is 12.8. The Morgan fingerprint density at radius 1 is 1.13 bits per heavy atom. The van der Waals surface area contributed by atoms with Crippen molar-refractivity contribution in [1.82, 2.24) is 10.2 Å². The Kier molecular flexibility index (Phi) is 4.28. The van der Waals surface area contributed by atoms with Gasteiger partial charge in [0.15, 0.2) is 0 Å². The maximum Gasteiger partial charge on any atom is 0.254 e. The average molecular weight is 310 g/mol. The van der Waals surface area contributed by atoms with Crippen LogP contribution in [0.5, 0.6) is 5.75 Å². The summed E-state index contributed by atoms with van der Waals surface area (Å²) in [4.78, 5) is 26.8. The molecule has 118 valence electrons. The van der Waals surface area contributed by atoms with Crippen LogP contribution in [-0.2, 0) is 4.79 Å². The highest BCUT2D eigenvalue weighted by Gasteiger charge is 2.34. The van der Waals surface area contributed by atoms with Crippen LogP contribution in [0.2, 0.25) is 0 Å². The number of amides is 2. The zero-order chi connectivity index (χ0) is 16.2. The molecule has 5 heteroatoms. The molecule has 1 unspecified atom stereocenters. The molecular weight excluding hydrogens is 292 g/mol. The second kappa shape index (κ2) is 6.52. The lowest BCUT2D eigenvalue weighted by atomic mass is 10.0. The third-order valence-corrected chi connectivity index (χ3v) is 3.93. The van der Waals surface area contributed by atoms with E-state index in [1.165, 1.54) is 0 Å². The standard InChI is InChI=1S/C18H18N2O3/c1-23-15-9-7-13(8-10-15)16-17(21)19-11-12-20(16)18(22)14-5-3-2-4-6-14/h2-10,16H,11-12H2,1H3,(H,19,21). The summed E-state index contributed by atoms with van der Waals surface area (Å²) in [7, 11) is 1.59. The van der Waals surface area contributed by atoms with Gasteiger partial charge in [0.2, 0.25) is 5.91 Å². The molecule has 0 spiro atoms. The highest BCUT2D eigenvalue weighted by molar-refractivity contribution is 5.98. The lowest BCUT2D eigenvalue weighted by Gasteiger charge is -2.35. The van der Waals surface area contributed by atoms with Crippen molar-refractivity contribution in [3.8, 4) is 5.75 Å². The molecule has 2 amide bonds. The van der Waals surface area contributed by atoms with Gasteiger partial charge in [0, 0.05) is 18.7 Å². The SMILES string of the molecule is COc1ccc(C2C(=O)NCCN2C(=O)c2ccccc2)cc1. The van der Waals surface area contributed by atoms with Crippen LogP contribution < -0.4 is 10.1 Å². The van der Waals surface area contributed by atoms with Crippen molar-refractivity contribution in [3.05, 3.63) is 65.7 Å². The Bertz CT molecular complexity index is 698. The van der Waals surface area contributed by atoms with E-state index < -0.39 is 6.04 Å². The molecule has 1 fully saturated rings. The molecule has 5 nitrogen and oxygen atoms in total. The lowest BCUT2D eigenvalue weighted by molar-refractivity contribution is -0.128. The zero-order valence-electron chi connectivity index (χ0n) is 12.9. The van der Waals surface area contributed by atoms with Gasteiger partial charge in [0.05, 0.1) is 7.11 Å². The number of carbonyl (C=O) groups is 2. The number of nitrogens with one attached hydrogen (secondary N) is 1. The van der Waals surface area contributed by atoms with Crippen LogP contribution in [0.4, 0.5) is 0 Å². The fraction of sp³-hybridized carbons (Fsp3) is 0.222. The number of rotatable bonds is 3. The van der Waals surface area contributed by atoms with E-state index >= 15 is 0 Å². The summed E-state index contributed by atoms with van der Waals surface area (Å²) in [6.45, 7) is 0.945. The lowest BCUT2D eigenvalue weighted by Crippen LogP contribution is -2.52. The van der Waals surface area contributed by atoms with Crippen LogP contribution in [0.15, 0.2) is 54.6 Å². The molecule has 1 saturated heterocycles. The molecule has 0 radical (unpaired) electrons. The first-order valence-corrected chi connectivity index (χ1v) is 7.48. The van der Waals surface area contributed by atoms with Crippen LogP contribution in [0.25, 0.3) is 0 Å². The highest BCUT2D eigenvalue weighted by atomic mass is 16.5. The van der Waals surface area contributed by atoms with Gasteiger partial charge in [0.25, 0.3) is 5.91 Å². The second-order valence-electron chi connectivity index (χ2n) is 5.33. The summed E-state index contributed by atoms with van der Waals surface area (Å²) in [6, 6.07) is 15.6. The van der Waals surface area contributed by atoms with Gasteiger partial charge in [-0.1, -0.05) is 30.3 Å². The Hall–Kier alpha value is -2.82. The first-order valence-electron chi connectivity index (χ1n) is 7.48. The molecule has 1 atom stereocenters. The van der Waals surface area contributed by atoms with E-state index in [4.69, 9.17) is 4.74 Å². The first kappa shape index (κ1) is 15.1. The average Bonchev–Trinajstić information content (AvgIpc) is 2.62. The number of benzene rings is 2. The van der Waals surface area contributed by atoms with Crippen molar-refractivity contribution >= 4 is 11.8 Å². The Morgan fingerprint density at radius 3 is 2.48 bits per heavy atom. The summed E-state index contributed by atoms with van der Waals surface area (Å²) < 4.78 is 5.15. The molecule has 0 saturated carbocycles. The highest BCUT2D eigenvalue weighted by Crippen LogP contribution is 2.26. The fourth-order valence-electron chi connectivity index (χ4n) is 2.75. The van der Waals surface area contributed by atoms with Crippen LogP contribution in [0.3, 0.4) is 0 Å². The van der Waals surface area contributed by atoms with Crippen molar-refractivity contribution in [3.63, 3.8) is 0 Å². The number of hydrogen-bond donors (Lipinski definition) is 1. The van der Waals surface area contributed by atoms with Gasteiger partial charge in [-0.3, -0.25) is 9.59 Å². The maximum absolute atomic E-state index is 12.8. The summed E-state index contributed by atoms with van der Waals surface area (Å²) >= 11 is 0. The third-order valence-electron chi connectivity index (χ3n) is 3.93. The van der Waals surface area contributed by atoms with Gasteiger partial charge in [0.1, 0.15) is 11.8 Å². The monoisotopic (exact) mass is 310 g/mol. The van der Waals surface area contributed by atoms with Crippen LogP contribution in [0, 0.1) is 0 Å². The molecule has 0 aliphatic carbocycles. The minimum atomic E-state index is -0.623. The second-order valence-corrected chi connectivity index (χ2v) is 5.33. The molecule has 2 aromatic rings. The zero-order valence-corrected chi connectivity index (χ0v) is 12.9. The van der Waals surface area contributed by atoms with Gasteiger partial charge < -0.3 is 15.0 Å². The smallest absolute Gasteiger partial charge is 0.254 e. The molecule has 1 aliphatic heterocycles. The van der Waals surface area contributed by atoms with Crippen molar-refractivity contribution in [2.75, 3.05) is 20.2 Å². The number of ether oxygens (including phenoxy) is 1. The number of piperazine rings is 1. The number of carbonyl (C=O) groups excluding carboxylic acids is 2. The van der Waals surface area contributed by atoms with Gasteiger partial charge in [-0.2, -0.15) is 0 Å². The van der Waals surface area contributed by atoms with E-state index in [1.54, 1.807) is 36.3 Å². The first-order chi connectivity index (χ1) is 11.2. The topological polar surface area (TPSA) is 58.6 Å². The molecular formula is C18H18N2O3. The Morgan fingerprint density at radius 2 is 1.83 bits per heavy atom. The van der Waals surface area contributed by atoms with E-state index in [0.29, 0.717) is 24.4 Å². The van der Waals surface area contributed by atoms with Gasteiger partial charge in [-0.15, -0.1) is 0 Å². The summed E-state index contributed by atoms with van der Waals surface area (Å²) in [5.74, 6) is 0.415. The van der Waals surface area contributed by atoms with Crippen molar-refractivity contribution in [2.24, 2.45) is 0 Å². The molecule has 1 N–H and O–H groups in total. The van der Waals surface area contributed by atoms with Gasteiger partial charge >= 0.3 is 0 Å². The molecule has 1 aliphatic rings. The largest absolute Gasteiger partial charge is 0.497 e. The number of hydrogen-bond acceptors (Lipinski definition) is 3. The Balaban J connectivity index is 1.93. The Labute approximate surface area is 134 Å². The van der Waals surface area contributed by atoms with Crippen molar-refractivity contribution in [2.45, 2.75) is 6.04 Å². The molecule has 2 aromatic carbocycles. The number of methoxy groups -OCH3 is 1. The molecule has 0 aromatic heterocycles. The van der Waals surface area contributed by atoms with Crippen molar-refractivity contribution < 1.29 is 14.3 Å². The minimum absolute atomic E-state index is 0.138. The van der Waals surface area contributed by atoms with E-state index in [2.05, 4.69) is 5.32 Å². The summed E-state index contributed by atoms with van der Waals surface area (Å²) in [5.41, 5.74) is 1.35. The normalized spacial score (nSPS) is 17.5. The fourth-order valence-corrected chi connectivity index (χ4v) is 2.75. The molecule has 0 bridgehead atoms. The summed E-state index contributed by atoms with van der Waals surface area (Å²) in [5, 5.41) is 2.83. The predicted octanol–water partition coefficient (Wildman–Crippen LogP) is 2.01. The van der Waals surface area contributed by atoms with Crippen LogP contribution in [-0.4, -0.2) is 36.9 Å². The minimum Gasteiger partial charge on any atom is -0.497 e. The van der Waals surface area contributed by atoms with E-state index in [0.717, 1.165) is 5.56 Å². The molecule has 3 rings (SSSR count). The quantitative estimate of drug-likeness (QED) is 0.943. The number of nitrogens with zero attached hydrogens (tertiary/aromatic N) is 1. The van der Waals surface area contributed by atoms with Gasteiger partial charge in [-0.05, 0) is 29.8 Å². The molecule has 23 heavy (non-hydrogen) atoms. The predicted molar refractivity (Wildman–Crippen MR) is 86.2 cm³/mol. The summed E-state index contributed by atoms with van der Waals surface area (Å²) in [6.07, 6.45) is 0. The molecule has 1 heterocycles.